The van der Waals surface area contributed by atoms with Gasteiger partial charge in [-0.1, -0.05) is 13.8 Å². The Hall–Kier alpha value is -1.71. The molecule has 0 fully saturated rings. The van der Waals surface area contributed by atoms with Crippen LogP contribution in [0.1, 0.15) is 33.6 Å². The predicted molar refractivity (Wildman–Crippen MR) is 77.0 cm³/mol. The van der Waals surface area contributed by atoms with E-state index in [1.54, 1.807) is 0 Å². The van der Waals surface area contributed by atoms with Crippen LogP contribution in [0.2, 0.25) is 0 Å². The molecule has 1 atom stereocenters. The van der Waals surface area contributed by atoms with Gasteiger partial charge in [0.15, 0.2) is 0 Å². The number of carboxylic acid groups (broad SMARTS) is 1. The molecule has 0 aliphatic heterocycles. The monoisotopic (exact) mass is 265 g/mol. The summed E-state index contributed by atoms with van der Waals surface area (Å²) in [6.07, 6.45) is 1.50. The number of rotatable bonds is 8. The number of anilines is 1. The molecular formula is C15H23NO3. The van der Waals surface area contributed by atoms with Gasteiger partial charge in [-0.25, -0.2) is 4.79 Å². The fraction of sp³-hybridized carbons (Fsp3) is 0.533. The van der Waals surface area contributed by atoms with Crippen LogP contribution in [-0.4, -0.2) is 30.3 Å². The third kappa shape index (κ3) is 4.16. The first-order chi connectivity index (χ1) is 9.13. The maximum atomic E-state index is 11.3. The quantitative estimate of drug-likeness (QED) is 0.784. The molecule has 0 saturated carbocycles. The Kier molecular flexibility index (Phi) is 6.19. The standard InChI is InChI=1S/C15H23NO3/c1-4-11-16(14(5-2)15(17)18)12-7-9-13(10-8-12)19-6-3/h7-10,14H,4-6,11H2,1-3H3,(H,17,18)/t14-/m1/s1. The summed E-state index contributed by atoms with van der Waals surface area (Å²) in [5.74, 6) is 0.0379. The van der Waals surface area contributed by atoms with Crippen molar-refractivity contribution in [3.05, 3.63) is 24.3 Å². The van der Waals surface area contributed by atoms with E-state index in [2.05, 4.69) is 6.92 Å². The summed E-state index contributed by atoms with van der Waals surface area (Å²) in [7, 11) is 0. The van der Waals surface area contributed by atoms with Crippen LogP contribution in [-0.2, 0) is 4.79 Å². The maximum absolute atomic E-state index is 11.3. The summed E-state index contributed by atoms with van der Waals surface area (Å²) >= 11 is 0. The molecule has 0 unspecified atom stereocenters. The zero-order chi connectivity index (χ0) is 14.3. The van der Waals surface area contributed by atoms with E-state index in [-0.39, 0.29) is 0 Å². The SMILES string of the molecule is CCCN(c1ccc(OCC)cc1)[C@H](CC)C(=O)O. The highest BCUT2D eigenvalue weighted by molar-refractivity contribution is 5.78. The van der Waals surface area contributed by atoms with Gasteiger partial charge in [-0.3, -0.25) is 0 Å². The van der Waals surface area contributed by atoms with Crippen molar-refractivity contribution in [3.8, 4) is 5.75 Å². The first kappa shape index (κ1) is 15.3. The Morgan fingerprint density at radius 2 is 1.89 bits per heavy atom. The Balaban J connectivity index is 2.94. The molecule has 19 heavy (non-hydrogen) atoms. The summed E-state index contributed by atoms with van der Waals surface area (Å²) in [5.41, 5.74) is 0.930. The van der Waals surface area contributed by atoms with Crippen molar-refractivity contribution in [1.82, 2.24) is 0 Å². The lowest BCUT2D eigenvalue weighted by Crippen LogP contribution is -2.41. The highest BCUT2D eigenvalue weighted by atomic mass is 16.5. The second-order valence-corrected chi connectivity index (χ2v) is 4.38. The number of hydrogen-bond donors (Lipinski definition) is 1. The van der Waals surface area contributed by atoms with Crippen molar-refractivity contribution in [2.45, 2.75) is 39.7 Å². The molecule has 0 aliphatic carbocycles. The molecule has 0 aliphatic rings. The van der Waals surface area contributed by atoms with Crippen LogP contribution in [0.25, 0.3) is 0 Å². The number of carboxylic acids is 1. The highest BCUT2D eigenvalue weighted by Gasteiger charge is 2.23. The molecule has 0 spiro atoms. The molecule has 106 valence electrons. The van der Waals surface area contributed by atoms with E-state index in [9.17, 15) is 9.90 Å². The second kappa shape index (κ2) is 7.67. The Morgan fingerprint density at radius 3 is 2.32 bits per heavy atom. The fourth-order valence-corrected chi connectivity index (χ4v) is 2.13. The minimum atomic E-state index is -0.773. The van der Waals surface area contributed by atoms with E-state index in [0.29, 0.717) is 13.0 Å². The molecule has 4 heteroatoms. The van der Waals surface area contributed by atoms with Gasteiger partial charge in [0.25, 0.3) is 0 Å². The third-order valence-electron chi connectivity index (χ3n) is 2.99. The van der Waals surface area contributed by atoms with Crippen molar-refractivity contribution in [2.24, 2.45) is 0 Å². The molecule has 0 bridgehead atoms. The number of nitrogens with zero attached hydrogens (tertiary/aromatic N) is 1. The molecule has 4 nitrogen and oxygen atoms in total. The number of hydrogen-bond acceptors (Lipinski definition) is 3. The van der Waals surface area contributed by atoms with Crippen LogP contribution in [0.15, 0.2) is 24.3 Å². The van der Waals surface area contributed by atoms with Gasteiger partial charge < -0.3 is 14.7 Å². The van der Waals surface area contributed by atoms with Crippen molar-refractivity contribution in [3.63, 3.8) is 0 Å². The van der Waals surface area contributed by atoms with Crippen molar-refractivity contribution in [1.29, 1.82) is 0 Å². The molecule has 0 saturated heterocycles. The van der Waals surface area contributed by atoms with Crippen molar-refractivity contribution >= 4 is 11.7 Å². The first-order valence-electron chi connectivity index (χ1n) is 6.86. The zero-order valence-electron chi connectivity index (χ0n) is 11.9. The molecule has 1 aromatic rings. The average Bonchev–Trinajstić information content (AvgIpc) is 2.39. The number of aliphatic carboxylic acids is 1. The summed E-state index contributed by atoms with van der Waals surface area (Å²) in [6.45, 7) is 7.25. The van der Waals surface area contributed by atoms with Crippen molar-refractivity contribution < 1.29 is 14.6 Å². The fourth-order valence-electron chi connectivity index (χ4n) is 2.13. The topological polar surface area (TPSA) is 49.8 Å². The van der Waals surface area contributed by atoms with Gasteiger partial charge in [0.05, 0.1) is 6.61 Å². The van der Waals surface area contributed by atoms with E-state index in [1.807, 2.05) is 43.0 Å². The van der Waals surface area contributed by atoms with E-state index in [4.69, 9.17) is 4.74 Å². The smallest absolute Gasteiger partial charge is 0.326 e. The summed E-state index contributed by atoms with van der Waals surface area (Å²) in [5, 5.41) is 9.30. The maximum Gasteiger partial charge on any atom is 0.326 e. The Bertz CT molecular complexity index is 389. The van der Waals surface area contributed by atoms with Crippen LogP contribution in [0, 0.1) is 0 Å². The molecule has 0 heterocycles. The number of benzene rings is 1. The zero-order valence-corrected chi connectivity index (χ0v) is 11.9. The minimum Gasteiger partial charge on any atom is -0.494 e. The van der Waals surface area contributed by atoms with Crippen molar-refractivity contribution in [2.75, 3.05) is 18.1 Å². The second-order valence-electron chi connectivity index (χ2n) is 4.38. The summed E-state index contributed by atoms with van der Waals surface area (Å²) < 4.78 is 5.40. The molecule has 1 N–H and O–H groups in total. The van der Waals surface area contributed by atoms with Crippen LogP contribution in [0.4, 0.5) is 5.69 Å². The minimum absolute atomic E-state index is 0.474. The van der Waals surface area contributed by atoms with Crippen LogP contribution in [0.5, 0.6) is 5.75 Å². The molecule has 0 aromatic heterocycles. The van der Waals surface area contributed by atoms with Crippen LogP contribution in [0.3, 0.4) is 0 Å². The van der Waals surface area contributed by atoms with Crippen LogP contribution < -0.4 is 9.64 Å². The van der Waals surface area contributed by atoms with E-state index < -0.39 is 12.0 Å². The van der Waals surface area contributed by atoms with Gasteiger partial charge >= 0.3 is 5.97 Å². The predicted octanol–water partition coefficient (Wildman–Crippen LogP) is 3.16. The molecule has 1 rings (SSSR count). The van der Waals surface area contributed by atoms with E-state index in [0.717, 1.165) is 24.4 Å². The number of ether oxygens (including phenoxy) is 1. The lowest BCUT2D eigenvalue weighted by Gasteiger charge is -2.30. The lowest BCUT2D eigenvalue weighted by atomic mass is 10.1. The normalized spacial score (nSPS) is 11.9. The summed E-state index contributed by atoms with van der Waals surface area (Å²) in [4.78, 5) is 13.3. The Morgan fingerprint density at radius 1 is 1.26 bits per heavy atom. The van der Waals surface area contributed by atoms with Gasteiger partial charge in [0.2, 0.25) is 0 Å². The molecule has 1 aromatic carbocycles. The van der Waals surface area contributed by atoms with Gasteiger partial charge in [-0.05, 0) is 44.0 Å². The van der Waals surface area contributed by atoms with E-state index >= 15 is 0 Å². The average molecular weight is 265 g/mol. The van der Waals surface area contributed by atoms with Crippen LogP contribution >= 0.6 is 0 Å². The molecule has 0 radical (unpaired) electrons. The number of carbonyl (C=O) groups is 1. The lowest BCUT2D eigenvalue weighted by molar-refractivity contribution is -0.138. The highest BCUT2D eigenvalue weighted by Crippen LogP contribution is 2.23. The van der Waals surface area contributed by atoms with Gasteiger partial charge in [-0.2, -0.15) is 0 Å². The van der Waals surface area contributed by atoms with Gasteiger partial charge in [-0.15, -0.1) is 0 Å². The van der Waals surface area contributed by atoms with Gasteiger partial charge in [0, 0.05) is 12.2 Å². The van der Waals surface area contributed by atoms with Gasteiger partial charge in [0.1, 0.15) is 11.8 Å². The Labute approximate surface area is 115 Å². The van der Waals surface area contributed by atoms with E-state index in [1.165, 1.54) is 0 Å². The molecule has 0 amide bonds. The molecular weight excluding hydrogens is 242 g/mol. The first-order valence-corrected chi connectivity index (χ1v) is 6.86. The largest absolute Gasteiger partial charge is 0.494 e. The summed E-state index contributed by atoms with van der Waals surface area (Å²) in [6, 6.07) is 7.14. The third-order valence-corrected chi connectivity index (χ3v) is 2.99.